The number of ether oxygens (including phenoxy) is 1. The van der Waals surface area contributed by atoms with Gasteiger partial charge in [-0.25, -0.2) is 4.68 Å². The summed E-state index contributed by atoms with van der Waals surface area (Å²) in [4.78, 5) is 2.53. The van der Waals surface area contributed by atoms with Crippen molar-refractivity contribution in [1.29, 1.82) is 0 Å². The largest absolute Gasteiger partial charge is 0.494 e. The first kappa shape index (κ1) is 18.8. The average Bonchev–Trinajstić information content (AvgIpc) is 3.34. The lowest BCUT2D eigenvalue weighted by atomic mass is 10.0. The zero-order valence-electron chi connectivity index (χ0n) is 16.9. The number of aryl methyl sites for hydroxylation is 1. The first-order valence-electron chi connectivity index (χ1n) is 10.3. The van der Waals surface area contributed by atoms with E-state index in [0.717, 1.165) is 42.4 Å². The molecule has 0 aliphatic carbocycles. The Hall–Kier alpha value is -2.59. The minimum Gasteiger partial charge on any atom is -0.494 e. The molecule has 28 heavy (non-hydrogen) atoms. The molecule has 4 rings (SSSR count). The van der Waals surface area contributed by atoms with E-state index in [4.69, 9.17) is 9.84 Å². The molecule has 2 heterocycles. The molecule has 1 aliphatic heterocycles. The van der Waals surface area contributed by atoms with Crippen LogP contribution in [0.2, 0.25) is 0 Å². The summed E-state index contributed by atoms with van der Waals surface area (Å²) in [5.41, 5.74) is 5.69. The number of rotatable bonds is 7. The highest BCUT2D eigenvalue weighted by Gasteiger charge is 2.14. The maximum absolute atomic E-state index is 5.93. The molecule has 0 saturated carbocycles. The minimum absolute atomic E-state index is 0.772. The van der Waals surface area contributed by atoms with E-state index in [9.17, 15) is 0 Å². The Morgan fingerprint density at radius 1 is 0.929 bits per heavy atom. The van der Waals surface area contributed by atoms with Gasteiger partial charge in [-0.2, -0.15) is 5.10 Å². The minimum atomic E-state index is 0.772. The zero-order valence-corrected chi connectivity index (χ0v) is 16.9. The molecule has 146 valence electrons. The molecule has 1 aromatic heterocycles. The van der Waals surface area contributed by atoms with Gasteiger partial charge in [-0.15, -0.1) is 0 Å². The van der Waals surface area contributed by atoms with E-state index >= 15 is 0 Å². The van der Waals surface area contributed by atoms with Gasteiger partial charge in [0.1, 0.15) is 5.75 Å². The Labute approximate surface area is 167 Å². The highest BCUT2D eigenvalue weighted by Crippen LogP contribution is 2.28. The van der Waals surface area contributed by atoms with E-state index in [-0.39, 0.29) is 0 Å². The van der Waals surface area contributed by atoms with Gasteiger partial charge in [-0.1, -0.05) is 30.3 Å². The fourth-order valence-electron chi connectivity index (χ4n) is 4.08. The predicted octanol–water partition coefficient (Wildman–Crippen LogP) is 5.02. The van der Waals surface area contributed by atoms with Gasteiger partial charge in [-0.05, 0) is 76.0 Å². The van der Waals surface area contributed by atoms with Crippen molar-refractivity contribution in [3.8, 4) is 22.6 Å². The van der Waals surface area contributed by atoms with Crippen molar-refractivity contribution in [2.75, 3.05) is 26.2 Å². The summed E-state index contributed by atoms with van der Waals surface area (Å²) in [7, 11) is 0. The third kappa shape index (κ3) is 4.12. The molecule has 0 unspecified atom stereocenters. The van der Waals surface area contributed by atoms with E-state index in [1.165, 1.54) is 37.1 Å². The molecule has 4 nitrogen and oxygen atoms in total. The molecule has 0 spiro atoms. The molecular weight excluding hydrogens is 346 g/mol. The summed E-state index contributed by atoms with van der Waals surface area (Å²) in [5, 5.41) is 4.78. The number of nitrogens with zero attached hydrogens (tertiary/aromatic N) is 3. The number of hydrogen-bond donors (Lipinski definition) is 0. The normalized spacial score (nSPS) is 14.5. The van der Waals surface area contributed by atoms with E-state index < -0.39 is 0 Å². The molecular formula is C24H29N3O. The van der Waals surface area contributed by atoms with Crippen LogP contribution >= 0.6 is 0 Å². The number of aromatic nitrogens is 2. The molecule has 1 saturated heterocycles. The van der Waals surface area contributed by atoms with E-state index in [2.05, 4.69) is 55.1 Å². The van der Waals surface area contributed by atoms with E-state index in [1.807, 2.05) is 22.9 Å². The monoisotopic (exact) mass is 375 g/mol. The first-order valence-corrected chi connectivity index (χ1v) is 10.3. The molecule has 0 N–H and O–H groups in total. The molecule has 1 aliphatic rings. The first-order chi connectivity index (χ1) is 13.7. The zero-order chi connectivity index (χ0) is 19.3. The van der Waals surface area contributed by atoms with E-state index in [0.29, 0.717) is 0 Å². The summed E-state index contributed by atoms with van der Waals surface area (Å²) < 4.78 is 7.95. The summed E-state index contributed by atoms with van der Waals surface area (Å²) in [6.07, 6.45) is 3.78. The van der Waals surface area contributed by atoms with Gasteiger partial charge >= 0.3 is 0 Å². The van der Waals surface area contributed by atoms with Gasteiger partial charge in [-0.3, -0.25) is 0 Å². The Morgan fingerprint density at radius 3 is 2.36 bits per heavy atom. The Bertz CT molecular complexity index is 894. The van der Waals surface area contributed by atoms with Crippen LogP contribution in [0.25, 0.3) is 16.8 Å². The maximum atomic E-state index is 5.93. The lowest BCUT2D eigenvalue weighted by molar-refractivity contribution is 0.263. The molecule has 3 aromatic rings. The van der Waals surface area contributed by atoms with Gasteiger partial charge < -0.3 is 9.64 Å². The van der Waals surface area contributed by atoms with Crippen molar-refractivity contribution in [2.45, 2.75) is 33.1 Å². The van der Waals surface area contributed by atoms with Crippen LogP contribution in [-0.2, 0) is 0 Å². The van der Waals surface area contributed by atoms with Gasteiger partial charge in [0.25, 0.3) is 0 Å². The second-order valence-electron chi connectivity index (χ2n) is 7.57. The highest BCUT2D eigenvalue weighted by molar-refractivity contribution is 5.69. The number of benzene rings is 2. The molecule has 2 aromatic carbocycles. The van der Waals surface area contributed by atoms with Gasteiger partial charge in [0.15, 0.2) is 0 Å². The van der Waals surface area contributed by atoms with Crippen LogP contribution in [0.1, 0.15) is 30.7 Å². The SMILES string of the molecule is Cc1nn(-c2ccc(OCCCN3CCCC3)cc2)c(C)c1-c1ccccc1. The number of likely N-dealkylation sites (tertiary alicyclic amines) is 1. The Balaban J connectivity index is 1.41. The van der Waals surface area contributed by atoms with Crippen molar-refractivity contribution in [1.82, 2.24) is 14.7 Å². The second kappa shape index (κ2) is 8.61. The van der Waals surface area contributed by atoms with Crippen LogP contribution < -0.4 is 4.74 Å². The van der Waals surface area contributed by atoms with Crippen molar-refractivity contribution in [2.24, 2.45) is 0 Å². The lowest BCUT2D eigenvalue weighted by Gasteiger charge is -2.14. The lowest BCUT2D eigenvalue weighted by Crippen LogP contribution is -2.21. The van der Waals surface area contributed by atoms with Gasteiger partial charge in [0, 0.05) is 17.8 Å². The maximum Gasteiger partial charge on any atom is 0.119 e. The van der Waals surface area contributed by atoms with Gasteiger partial charge in [0.2, 0.25) is 0 Å². The molecule has 0 bridgehead atoms. The summed E-state index contributed by atoms with van der Waals surface area (Å²) in [6, 6.07) is 18.7. The Kier molecular flexibility index (Phi) is 5.77. The number of hydrogen-bond acceptors (Lipinski definition) is 3. The Morgan fingerprint density at radius 2 is 1.64 bits per heavy atom. The fourth-order valence-corrected chi connectivity index (χ4v) is 4.08. The summed E-state index contributed by atoms with van der Waals surface area (Å²) in [5.74, 6) is 0.926. The molecule has 0 radical (unpaired) electrons. The summed E-state index contributed by atoms with van der Waals surface area (Å²) in [6.45, 7) is 8.62. The summed E-state index contributed by atoms with van der Waals surface area (Å²) >= 11 is 0. The van der Waals surface area contributed by atoms with E-state index in [1.54, 1.807) is 0 Å². The van der Waals surface area contributed by atoms with Crippen LogP contribution in [0.5, 0.6) is 5.75 Å². The van der Waals surface area contributed by atoms with Crippen molar-refractivity contribution in [3.05, 3.63) is 66.0 Å². The molecule has 1 fully saturated rings. The average molecular weight is 376 g/mol. The second-order valence-corrected chi connectivity index (χ2v) is 7.57. The van der Waals surface area contributed by atoms with Crippen molar-refractivity contribution >= 4 is 0 Å². The van der Waals surface area contributed by atoms with Crippen LogP contribution in [0.15, 0.2) is 54.6 Å². The fraction of sp³-hybridized carbons (Fsp3) is 0.375. The van der Waals surface area contributed by atoms with Crippen LogP contribution in [0.4, 0.5) is 0 Å². The van der Waals surface area contributed by atoms with Crippen molar-refractivity contribution in [3.63, 3.8) is 0 Å². The van der Waals surface area contributed by atoms with Gasteiger partial charge in [0.05, 0.1) is 18.0 Å². The highest BCUT2D eigenvalue weighted by atomic mass is 16.5. The molecule has 0 amide bonds. The predicted molar refractivity (Wildman–Crippen MR) is 114 cm³/mol. The van der Waals surface area contributed by atoms with Crippen LogP contribution in [0, 0.1) is 13.8 Å². The third-order valence-corrected chi connectivity index (χ3v) is 5.52. The smallest absolute Gasteiger partial charge is 0.119 e. The topological polar surface area (TPSA) is 30.3 Å². The van der Waals surface area contributed by atoms with Crippen LogP contribution in [-0.4, -0.2) is 40.9 Å². The van der Waals surface area contributed by atoms with Crippen LogP contribution in [0.3, 0.4) is 0 Å². The quantitative estimate of drug-likeness (QED) is 0.543. The third-order valence-electron chi connectivity index (χ3n) is 5.52. The molecule has 0 atom stereocenters. The van der Waals surface area contributed by atoms with Crippen molar-refractivity contribution < 1.29 is 4.74 Å². The molecule has 4 heteroatoms. The standard InChI is InChI=1S/C24H29N3O/c1-19-24(21-9-4-3-5-10-21)20(2)27(25-19)22-11-13-23(14-12-22)28-18-8-17-26-15-6-7-16-26/h3-5,9-14H,6-8,15-18H2,1-2H3.